The maximum atomic E-state index is 11.0. The Labute approximate surface area is 116 Å². The highest BCUT2D eigenvalue weighted by atomic mass is 35.5. The van der Waals surface area contributed by atoms with Crippen LogP contribution in [0.2, 0.25) is 5.02 Å². The summed E-state index contributed by atoms with van der Waals surface area (Å²) in [6.45, 7) is 1.44. The van der Waals surface area contributed by atoms with Gasteiger partial charge in [-0.2, -0.15) is 0 Å². The van der Waals surface area contributed by atoms with Crippen LogP contribution in [0.15, 0.2) is 36.4 Å². The molecule has 19 heavy (non-hydrogen) atoms. The molecule has 0 radical (unpaired) electrons. The molecule has 2 rings (SSSR count). The zero-order valence-electron chi connectivity index (χ0n) is 10.4. The molecular weight excluding hydrogens is 262 g/mol. The quantitative estimate of drug-likeness (QED) is 0.737. The van der Waals surface area contributed by atoms with Gasteiger partial charge in [-0.1, -0.05) is 17.7 Å². The molecule has 2 aromatic rings. The van der Waals surface area contributed by atoms with Crippen molar-refractivity contribution in [3.8, 4) is 11.1 Å². The first-order valence-electron chi connectivity index (χ1n) is 5.70. The summed E-state index contributed by atoms with van der Waals surface area (Å²) in [4.78, 5) is 11.0. The van der Waals surface area contributed by atoms with Crippen molar-refractivity contribution in [1.29, 1.82) is 0 Å². The number of amides is 1. The van der Waals surface area contributed by atoms with Crippen LogP contribution in [0.5, 0.6) is 0 Å². The standard InChI is InChI=1S/C14H14ClN3O/c1-8(19)18-10-3-4-11(13(15)7-10)12-6-9(16)2-5-14(12)17/h2-7H,16-17H2,1H3,(H,18,19). The fourth-order valence-corrected chi connectivity index (χ4v) is 2.10. The second-order valence-corrected chi connectivity index (χ2v) is 4.63. The minimum atomic E-state index is -0.146. The highest BCUT2D eigenvalue weighted by Gasteiger charge is 2.09. The summed E-state index contributed by atoms with van der Waals surface area (Å²) >= 11 is 6.22. The van der Waals surface area contributed by atoms with Gasteiger partial charge in [-0.15, -0.1) is 0 Å². The van der Waals surface area contributed by atoms with Gasteiger partial charge in [0.25, 0.3) is 0 Å². The lowest BCUT2D eigenvalue weighted by Gasteiger charge is -2.11. The summed E-state index contributed by atoms with van der Waals surface area (Å²) in [7, 11) is 0. The Morgan fingerprint density at radius 2 is 1.84 bits per heavy atom. The molecule has 0 fully saturated rings. The molecule has 0 atom stereocenters. The van der Waals surface area contributed by atoms with Crippen LogP contribution in [0.1, 0.15) is 6.92 Å². The van der Waals surface area contributed by atoms with Gasteiger partial charge in [0.1, 0.15) is 0 Å². The highest BCUT2D eigenvalue weighted by Crippen LogP contribution is 2.34. The average Bonchev–Trinajstić information content (AvgIpc) is 2.32. The predicted octanol–water partition coefficient (Wildman–Crippen LogP) is 3.13. The van der Waals surface area contributed by atoms with Crippen molar-refractivity contribution >= 4 is 34.6 Å². The number of rotatable bonds is 2. The third kappa shape index (κ3) is 2.98. The summed E-state index contributed by atoms with van der Waals surface area (Å²) < 4.78 is 0. The number of benzene rings is 2. The topological polar surface area (TPSA) is 81.1 Å². The van der Waals surface area contributed by atoms with Crippen molar-refractivity contribution in [1.82, 2.24) is 0 Å². The number of nitrogens with two attached hydrogens (primary N) is 2. The van der Waals surface area contributed by atoms with E-state index in [1.165, 1.54) is 6.92 Å². The van der Waals surface area contributed by atoms with Crippen molar-refractivity contribution < 1.29 is 4.79 Å². The molecule has 5 heteroatoms. The zero-order valence-corrected chi connectivity index (χ0v) is 11.2. The average molecular weight is 276 g/mol. The van der Waals surface area contributed by atoms with Gasteiger partial charge in [0.05, 0.1) is 5.02 Å². The summed E-state index contributed by atoms with van der Waals surface area (Å²) in [6, 6.07) is 10.5. The van der Waals surface area contributed by atoms with Crippen molar-refractivity contribution in [2.75, 3.05) is 16.8 Å². The first-order chi connectivity index (χ1) is 8.97. The maximum Gasteiger partial charge on any atom is 0.221 e. The third-order valence-corrected chi connectivity index (χ3v) is 2.97. The Kier molecular flexibility index (Phi) is 3.62. The van der Waals surface area contributed by atoms with Crippen LogP contribution >= 0.6 is 11.6 Å². The van der Waals surface area contributed by atoms with Crippen LogP contribution in [-0.2, 0) is 4.79 Å². The van der Waals surface area contributed by atoms with E-state index in [0.717, 1.165) is 11.1 Å². The zero-order chi connectivity index (χ0) is 14.0. The lowest BCUT2D eigenvalue weighted by molar-refractivity contribution is -0.114. The van der Waals surface area contributed by atoms with Crippen LogP contribution in [0.25, 0.3) is 11.1 Å². The molecule has 0 aliphatic rings. The number of carbonyl (C=O) groups is 1. The van der Waals surface area contributed by atoms with Gasteiger partial charge in [0, 0.05) is 35.1 Å². The Hall–Kier alpha value is -2.20. The fraction of sp³-hybridized carbons (Fsp3) is 0.0714. The Morgan fingerprint density at radius 1 is 1.11 bits per heavy atom. The molecule has 0 heterocycles. The Balaban J connectivity index is 2.46. The molecule has 0 saturated heterocycles. The second-order valence-electron chi connectivity index (χ2n) is 4.22. The molecule has 1 amide bonds. The first-order valence-corrected chi connectivity index (χ1v) is 6.07. The van der Waals surface area contributed by atoms with Gasteiger partial charge in [-0.3, -0.25) is 4.79 Å². The number of nitrogens with one attached hydrogen (secondary N) is 1. The fourth-order valence-electron chi connectivity index (χ4n) is 1.82. The van der Waals surface area contributed by atoms with Crippen LogP contribution in [-0.4, -0.2) is 5.91 Å². The minimum absolute atomic E-state index is 0.146. The van der Waals surface area contributed by atoms with Crippen molar-refractivity contribution in [3.63, 3.8) is 0 Å². The van der Waals surface area contributed by atoms with E-state index in [9.17, 15) is 4.79 Å². The summed E-state index contributed by atoms with van der Waals surface area (Å²) in [6.07, 6.45) is 0. The van der Waals surface area contributed by atoms with Crippen LogP contribution in [0.3, 0.4) is 0 Å². The molecule has 0 spiro atoms. The first kappa shape index (κ1) is 13.2. The predicted molar refractivity (Wildman–Crippen MR) is 80.0 cm³/mol. The largest absolute Gasteiger partial charge is 0.399 e. The third-order valence-electron chi connectivity index (χ3n) is 2.66. The number of halogens is 1. The number of hydrogen-bond acceptors (Lipinski definition) is 3. The lowest BCUT2D eigenvalue weighted by atomic mass is 10.0. The Bertz CT molecular complexity index is 641. The van der Waals surface area contributed by atoms with Gasteiger partial charge >= 0.3 is 0 Å². The summed E-state index contributed by atoms with van der Waals surface area (Å²) in [5, 5.41) is 3.17. The van der Waals surface area contributed by atoms with Crippen molar-refractivity contribution in [2.24, 2.45) is 0 Å². The maximum absolute atomic E-state index is 11.0. The van der Waals surface area contributed by atoms with E-state index in [4.69, 9.17) is 23.1 Å². The SMILES string of the molecule is CC(=O)Nc1ccc(-c2cc(N)ccc2N)c(Cl)c1. The normalized spacial score (nSPS) is 10.2. The Morgan fingerprint density at radius 3 is 2.47 bits per heavy atom. The number of nitrogen functional groups attached to an aromatic ring is 2. The van der Waals surface area contributed by atoms with Gasteiger partial charge in [0.2, 0.25) is 5.91 Å². The van der Waals surface area contributed by atoms with Gasteiger partial charge in [-0.05, 0) is 30.3 Å². The van der Waals surface area contributed by atoms with E-state index >= 15 is 0 Å². The van der Waals surface area contributed by atoms with Gasteiger partial charge < -0.3 is 16.8 Å². The molecule has 5 N–H and O–H groups in total. The molecule has 98 valence electrons. The monoisotopic (exact) mass is 275 g/mol. The lowest BCUT2D eigenvalue weighted by Crippen LogP contribution is -2.05. The van der Waals surface area contributed by atoms with Gasteiger partial charge in [0.15, 0.2) is 0 Å². The summed E-state index contributed by atoms with van der Waals surface area (Å²) in [5.41, 5.74) is 15.1. The number of hydrogen-bond donors (Lipinski definition) is 3. The van der Waals surface area contributed by atoms with Crippen molar-refractivity contribution in [2.45, 2.75) is 6.92 Å². The van der Waals surface area contributed by atoms with Gasteiger partial charge in [-0.25, -0.2) is 0 Å². The molecule has 0 unspecified atom stereocenters. The van der Waals surface area contributed by atoms with Crippen molar-refractivity contribution in [3.05, 3.63) is 41.4 Å². The molecule has 0 aromatic heterocycles. The smallest absolute Gasteiger partial charge is 0.221 e. The second kappa shape index (κ2) is 5.20. The number of anilines is 3. The molecule has 2 aromatic carbocycles. The van der Waals surface area contributed by atoms with E-state index < -0.39 is 0 Å². The molecular formula is C14H14ClN3O. The minimum Gasteiger partial charge on any atom is -0.399 e. The van der Waals surface area contributed by atoms with E-state index in [1.54, 1.807) is 36.4 Å². The van der Waals surface area contributed by atoms with Crippen LogP contribution < -0.4 is 16.8 Å². The van der Waals surface area contributed by atoms with E-state index in [-0.39, 0.29) is 5.91 Å². The summed E-state index contributed by atoms with van der Waals surface area (Å²) in [5.74, 6) is -0.146. The molecule has 0 aliphatic carbocycles. The number of carbonyl (C=O) groups excluding carboxylic acids is 1. The van der Waals surface area contributed by atoms with E-state index in [1.807, 2.05) is 0 Å². The molecule has 0 aliphatic heterocycles. The van der Waals surface area contributed by atoms with Crippen LogP contribution in [0.4, 0.5) is 17.1 Å². The highest BCUT2D eigenvalue weighted by molar-refractivity contribution is 6.33. The van der Waals surface area contributed by atoms with E-state index in [2.05, 4.69) is 5.32 Å². The molecule has 4 nitrogen and oxygen atoms in total. The molecule has 0 bridgehead atoms. The van der Waals surface area contributed by atoms with Crippen LogP contribution in [0, 0.1) is 0 Å². The van der Waals surface area contributed by atoms with E-state index in [0.29, 0.717) is 22.1 Å². The molecule has 0 saturated carbocycles.